The van der Waals surface area contributed by atoms with Crippen molar-refractivity contribution in [2.24, 2.45) is 0 Å². The summed E-state index contributed by atoms with van der Waals surface area (Å²) in [4.78, 5) is 0.881. The molecule has 0 aliphatic rings. The standard InChI is InChI=1S/C13H13ClO2S/c14-13-7-6-12(17-13)11(15)8-9-16-10-4-2-1-3-5-10/h1-7,11,15H,8-9H2. The molecule has 0 saturated carbocycles. The van der Waals surface area contributed by atoms with Crippen LogP contribution in [0.25, 0.3) is 0 Å². The Labute approximate surface area is 109 Å². The number of thiophene rings is 1. The lowest BCUT2D eigenvalue weighted by Crippen LogP contribution is -2.03. The smallest absolute Gasteiger partial charge is 0.119 e. The van der Waals surface area contributed by atoms with E-state index in [1.807, 2.05) is 36.4 Å². The van der Waals surface area contributed by atoms with Gasteiger partial charge in [0.1, 0.15) is 5.75 Å². The summed E-state index contributed by atoms with van der Waals surface area (Å²) < 4.78 is 6.21. The molecule has 1 heterocycles. The first-order chi connectivity index (χ1) is 8.25. The van der Waals surface area contributed by atoms with Crippen molar-refractivity contribution in [2.75, 3.05) is 6.61 Å². The fourth-order valence-corrected chi connectivity index (χ4v) is 2.54. The second-order valence-corrected chi connectivity index (χ2v) is 5.35. The van der Waals surface area contributed by atoms with E-state index < -0.39 is 6.10 Å². The minimum absolute atomic E-state index is 0.487. The molecule has 1 unspecified atom stereocenters. The average molecular weight is 269 g/mol. The number of aliphatic hydroxyl groups is 1. The Hall–Kier alpha value is -1.03. The Morgan fingerprint density at radius 3 is 2.59 bits per heavy atom. The Morgan fingerprint density at radius 1 is 1.18 bits per heavy atom. The number of halogens is 1. The summed E-state index contributed by atoms with van der Waals surface area (Å²) in [5.74, 6) is 0.823. The molecule has 2 aromatic rings. The molecule has 17 heavy (non-hydrogen) atoms. The van der Waals surface area contributed by atoms with Crippen molar-refractivity contribution in [3.63, 3.8) is 0 Å². The Kier molecular flexibility index (Phi) is 4.42. The molecule has 1 N–H and O–H groups in total. The summed E-state index contributed by atoms with van der Waals surface area (Å²) >= 11 is 7.21. The molecule has 0 amide bonds. The predicted molar refractivity (Wildman–Crippen MR) is 70.8 cm³/mol. The number of benzene rings is 1. The number of hydrogen-bond acceptors (Lipinski definition) is 3. The number of rotatable bonds is 5. The third-order valence-corrected chi connectivity index (χ3v) is 3.66. The van der Waals surface area contributed by atoms with Crippen LogP contribution >= 0.6 is 22.9 Å². The highest BCUT2D eigenvalue weighted by Crippen LogP contribution is 2.28. The van der Waals surface area contributed by atoms with Crippen LogP contribution in [0, 0.1) is 0 Å². The molecule has 0 radical (unpaired) electrons. The highest BCUT2D eigenvalue weighted by Gasteiger charge is 2.10. The van der Waals surface area contributed by atoms with Crippen molar-refractivity contribution in [1.82, 2.24) is 0 Å². The van der Waals surface area contributed by atoms with Crippen molar-refractivity contribution in [2.45, 2.75) is 12.5 Å². The molecule has 4 heteroatoms. The second-order valence-electron chi connectivity index (χ2n) is 3.61. The van der Waals surface area contributed by atoms with E-state index >= 15 is 0 Å². The monoisotopic (exact) mass is 268 g/mol. The first-order valence-electron chi connectivity index (χ1n) is 5.37. The van der Waals surface area contributed by atoms with Gasteiger partial charge in [-0.15, -0.1) is 11.3 Å². The topological polar surface area (TPSA) is 29.5 Å². The maximum absolute atomic E-state index is 9.88. The molecule has 0 aliphatic carbocycles. The van der Waals surface area contributed by atoms with Gasteiger partial charge in [0, 0.05) is 11.3 Å². The van der Waals surface area contributed by atoms with E-state index in [9.17, 15) is 5.11 Å². The van der Waals surface area contributed by atoms with Gasteiger partial charge in [-0.1, -0.05) is 29.8 Å². The van der Waals surface area contributed by atoms with Crippen molar-refractivity contribution < 1.29 is 9.84 Å². The maximum atomic E-state index is 9.88. The van der Waals surface area contributed by atoms with Crippen LogP contribution in [0.5, 0.6) is 5.75 Å². The molecule has 0 saturated heterocycles. The minimum Gasteiger partial charge on any atom is -0.493 e. The molecule has 1 aromatic heterocycles. The van der Waals surface area contributed by atoms with Gasteiger partial charge in [0.2, 0.25) is 0 Å². The molecule has 90 valence electrons. The van der Waals surface area contributed by atoms with E-state index in [4.69, 9.17) is 16.3 Å². The molecule has 0 bridgehead atoms. The van der Waals surface area contributed by atoms with E-state index in [0.29, 0.717) is 17.4 Å². The lowest BCUT2D eigenvalue weighted by atomic mass is 10.2. The zero-order valence-corrected chi connectivity index (χ0v) is 10.7. The van der Waals surface area contributed by atoms with Gasteiger partial charge in [0.05, 0.1) is 17.0 Å². The predicted octanol–water partition coefficient (Wildman–Crippen LogP) is 3.90. The largest absolute Gasteiger partial charge is 0.493 e. The third kappa shape index (κ3) is 3.73. The summed E-state index contributed by atoms with van der Waals surface area (Å²) in [6.07, 6.45) is 0.0577. The molecule has 0 fully saturated rings. The summed E-state index contributed by atoms with van der Waals surface area (Å²) in [5.41, 5.74) is 0. The van der Waals surface area contributed by atoms with Gasteiger partial charge in [0.25, 0.3) is 0 Å². The van der Waals surface area contributed by atoms with E-state index in [0.717, 1.165) is 10.6 Å². The van der Waals surface area contributed by atoms with Crippen LogP contribution in [-0.2, 0) is 0 Å². The zero-order chi connectivity index (χ0) is 12.1. The molecule has 2 rings (SSSR count). The second kappa shape index (κ2) is 6.05. The molecule has 1 atom stereocenters. The van der Waals surface area contributed by atoms with E-state index in [2.05, 4.69) is 0 Å². The first kappa shape index (κ1) is 12.4. The maximum Gasteiger partial charge on any atom is 0.119 e. The first-order valence-corrected chi connectivity index (χ1v) is 6.56. The molecule has 0 aliphatic heterocycles. The van der Waals surface area contributed by atoms with Crippen molar-refractivity contribution in [1.29, 1.82) is 0 Å². The SMILES string of the molecule is OC(CCOc1ccccc1)c1ccc(Cl)s1. The molecular formula is C13H13ClO2S. The number of hydrogen-bond donors (Lipinski definition) is 1. The quantitative estimate of drug-likeness (QED) is 0.891. The highest BCUT2D eigenvalue weighted by atomic mass is 35.5. The third-order valence-electron chi connectivity index (χ3n) is 2.33. The van der Waals surface area contributed by atoms with E-state index in [-0.39, 0.29) is 0 Å². The van der Waals surface area contributed by atoms with Crippen LogP contribution in [0.1, 0.15) is 17.4 Å². The van der Waals surface area contributed by atoms with Gasteiger partial charge in [-0.05, 0) is 24.3 Å². The fraction of sp³-hybridized carbons (Fsp3) is 0.231. The molecular weight excluding hydrogens is 256 g/mol. The van der Waals surface area contributed by atoms with Gasteiger partial charge in [-0.3, -0.25) is 0 Å². The van der Waals surface area contributed by atoms with Crippen molar-refractivity contribution >= 4 is 22.9 Å². The van der Waals surface area contributed by atoms with Crippen LogP contribution in [0.2, 0.25) is 4.34 Å². The minimum atomic E-state index is -0.504. The summed E-state index contributed by atoms with van der Waals surface area (Å²) in [6, 6.07) is 13.2. The number of ether oxygens (including phenoxy) is 1. The van der Waals surface area contributed by atoms with Crippen LogP contribution < -0.4 is 4.74 Å². The summed E-state index contributed by atoms with van der Waals surface area (Å²) in [6.45, 7) is 0.487. The lowest BCUT2D eigenvalue weighted by Gasteiger charge is -2.09. The number of para-hydroxylation sites is 1. The average Bonchev–Trinajstić information content (AvgIpc) is 2.77. The number of aliphatic hydroxyl groups excluding tert-OH is 1. The zero-order valence-electron chi connectivity index (χ0n) is 9.17. The van der Waals surface area contributed by atoms with Crippen LogP contribution in [0.4, 0.5) is 0 Å². The van der Waals surface area contributed by atoms with E-state index in [1.165, 1.54) is 11.3 Å². The Bertz CT molecular complexity index is 455. The van der Waals surface area contributed by atoms with Gasteiger partial charge < -0.3 is 9.84 Å². The Morgan fingerprint density at radius 2 is 1.94 bits per heavy atom. The van der Waals surface area contributed by atoms with Gasteiger partial charge >= 0.3 is 0 Å². The van der Waals surface area contributed by atoms with Crippen LogP contribution in [0.15, 0.2) is 42.5 Å². The molecule has 0 spiro atoms. The van der Waals surface area contributed by atoms with Crippen LogP contribution in [0.3, 0.4) is 0 Å². The van der Waals surface area contributed by atoms with Gasteiger partial charge in [-0.2, -0.15) is 0 Å². The highest BCUT2D eigenvalue weighted by molar-refractivity contribution is 7.16. The van der Waals surface area contributed by atoms with Gasteiger partial charge in [-0.25, -0.2) is 0 Å². The normalized spacial score (nSPS) is 12.4. The van der Waals surface area contributed by atoms with Crippen molar-refractivity contribution in [3.05, 3.63) is 51.7 Å². The molecule has 2 nitrogen and oxygen atoms in total. The molecule has 1 aromatic carbocycles. The Balaban J connectivity index is 1.79. The van der Waals surface area contributed by atoms with Crippen LogP contribution in [-0.4, -0.2) is 11.7 Å². The lowest BCUT2D eigenvalue weighted by molar-refractivity contribution is 0.144. The van der Waals surface area contributed by atoms with E-state index in [1.54, 1.807) is 6.07 Å². The summed E-state index contributed by atoms with van der Waals surface area (Å²) in [7, 11) is 0. The van der Waals surface area contributed by atoms with Gasteiger partial charge in [0.15, 0.2) is 0 Å². The fourth-order valence-electron chi connectivity index (χ4n) is 1.45. The van der Waals surface area contributed by atoms with Crippen molar-refractivity contribution in [3.8, 4) is 5.75 Å². The summed E-state index contributed by atoms with van der Waals surface area (Å²) in [5, 5.41) is 9.88.